The second-order valence-electron chi connectivity index (χ2n) is 4.77. The van der Waals surface area contributed by atoms with Gasteiger partial charge in [-0.25, -0.2) is 0 Å². The van der Waals surface area contributed by atoms with Gasteiger partial charge >= 0.3 is 0 Å². The summed E-state index contributed by atoms with van der Waals surface area (Å²) < 4.78 is 5.62. The average molecular weight is 221 g/mol. The van der Waals surface area contributed by atoms with Crippen LogP contribution in [0.1, 0.15) is 34.7 Å². The zero-order valence-electron chi connectivity index (χ0n) is 11.3. The second kappa shape index (κ2) is 4.56. The summed E-state index contributed by atoms with van der Waals surface area (Å²) in [6.07, 6.45) is 0. The number of benzene rings is 1. The second-order valence-corrected chi connectivity index (χ2v) is 4.77. The molecular weight excluding hydrogens is 198 g/mol. The Hall–Kier alpha value is -0.860. The lowest BCUT2D eigenvalue weighted by atomic mass is 9.84. The molecule has 0 aliphatic heterocycles. The summed E-state index contributed by atoms with van der Waals surface area (Å²) in [6.45, 7) is 11.1. The third-order valence-electron chi connectivity index (χ3n) is 3.73. The molecule has 0 fully saturated rings. The lowest BCUT2D eigenvalue weighted by Crippen LogP contribution is -2.35. The van der Waals surface area contributed by atoms with Gasteiger partial charge in [-0.2, -0.15) is 0 Å². The van der Waals surface area contributed by atoms with E-state index < -0.39 is 0 Å². The first-order chi connectivity index (χ1) is 7.37. The molecule has 2 N–H and O–H groups in total. The number of methoxy groups -OCH3 is 1. The number of hydrogen-bond donors (Lipinski definition) is 1. The molecule has 0 spiro atoms. The molecule has 0 amide bonds. The third-order valence-corrected chi connectivity index (χ3v) is 3.73. The van der Waals surface area contributed by atoms with E-state index in [-0.39, 0.29) is 5.60 Å². The molecule has 0 radical (unpaired) electrons. The first kappa shape index (κ1) is 13.2. The lowest BCUT2D eigenvalue weighted by molar-refractivity contribution is 0.00894. The molecule has 0 saturated carbocycles. The molecule has 1 aromatic carbocycles. The smallest absolute Gasteiger partial charge is 0.103 e. The Labute approximate surface area is 98.8 Å². The van der Waals surface area contributed by atoms with Crippen LogP contribution < -0.4 is 5.73 Å². The third kappa shape index (κ3) is 2.00. The first-order valence-electron chi connectivity index (χ1n) is 5.70. The van der Waals surface area contributed by atoms with E-state index in [1.54, 1.807) is 7.11 Å². The Bertz CT molecular complexity index is 366. The van der Waals surface area contributed by atoms with Gasteiger partial charge in [0.05, 0.1) is 0 Å². The minimum absolute atomic E-state index is 0.384. The van der Waals surface area contributed by atoms with Crippen molar-refractivity contribution < 1.29 is 4.74 Å². The van der Waals surface area contributed by atoms with Crippen LogP contribution in [0.5, 0.6) is 0 Å². The first-order valence-corrected chi connectivity index (χ1v) is 5.70. The minimum atomic E-state index is -0.384. The van der Waals surface area contributed by atoms with Gasteiger partial charge in [-0.05, 0) is 62.4 Å². The van der Waals surface area contributed by atoms with E-state index in [2.05, 4.69) is 40.7 Å². The molecule has 1 atom stereocenters. The van der Waals surface area contributed by atoms with Crippen LogP contribution in [0.25, 0.3) is 0 Å². The topological polar surface area (TPSA) is 35.2 Å². The standard InChI is InChI=1S/C14H23NO/c1-9-7-10(2)12(4)13(11(9)3)14(5,8-15)16-6/h7H,8,15H2,1-6H3. The zero-order chi connectivity index (χ0) is 12.5. The largest absolute Gasteiger partial charge is 0.372 e. The Morgan fingerprint density at radius 3 is 1.88 bits per heavy atom. The molecule has 2 heteroatoms. The van der Waals surface area contributed by atoms with Crippen molar-refractivity contribution in [3.63, 3.8) is 0 Å². The lowest BCUT2D eigenvalue weighted by Gasteiger charge is -2.32. The number of nitrogens with two attached hydrogens (primary N) is 1. The fourth-order valence-electron chi connectivity index (χ4n) is 2.30. The fourth-order valence-corrected chi connectivity index (χ4v) is 2.30. The summed E-state index contributed by atoms with van der Waals surface area (Å²) >= 11 is 0. The molecule has 90 valence electrons. The van der Waals surface area contributed by atoms with Gasteiger partial charge in [-0.3, -0.25) is 0 Å². The van der Waals surface area contributed by atoms with Crippen molar-refractivity contribution in [2.75, 3.05) is 13.7 Å². The quantitative estimate of drug-likeness (QED) is 0.851. The van der Waals surface area contributed by atoms with E-state index >= 15 is 0 Å². The van der Waals surface area contributed by atoms with Gasteiger partial charge in [-0.1, -0.05) is 6.07 Å². The molecule has 0 aliphatic rings. The molecule has 0 aromatic heterocycles. The van der Waals surface area contributed by atoms with Crippen molar-refractivity contribution in [3.05, 3.63) is 33.9 Å². The van der Waals surface area contributed by atoms with Crippen molar-refractivity contribution >= 4 is 0 Å². The average Bonchev–Trinajstić information content (AvgIpc) is 2.26. The molecule has 1 unspecified atom stereocenters. The van der Waals surface area contributed by atoms with E-state index in [0.717, 1.165) is 0 Å². The zero-order valence-corrected chi connectivity index (χ0v) is 11.3. The molecule has 0 bridgehead atoms. The van der Waals surface area contributed by atoms with Crippen LogP contribution >= 0.6 is 0 Å². The van der Waals surface area contributed by atoms with Crippen LogP contribution in [-0.2, 0) is 10.3 Å². The summed E-state index contributed by atoms with van der Waals surface area (Å²) in [5.74, 6) is 0. The Kier molecular flexibility index (Phi) is 3.76. The number of ether oxygens (including phenoxy) is 1. The molecule has 0 heterocycles. The highest BCUT2D eigenvalue weighted by Gasteiger charge is 2.29. The van der Waals surface area contributed by atoms with Gasteiger partial charge < -0.3 is 10.5 Å². The molecule has 1 rings (SSSR count). The molecule has 0 saturated heterocycles. The molecular formula is C14H23NO. The maximum Gasteiger partial charge on any atom is 0.103 e. The number of hydrogen-bond acceptors (Lipinski definition) is 2. The monoisotopic (exact) mass is 221 g/mol. The fraction of sp³-hybridized carbons (Fsp3) is 0.571. The van der Waals surface area contributed by atoms with Crippen LogP contribution in [0.4, 0.5) is 0 Å². The van der Waals surface area contributed by atoms with E-state index in [9.17, 15) is 0 Å². The van der Waals surface area contributed by atoms with Crippen molar-refractivity contribution in [3.8, 4) is 0 Å². The predicted molar refractivity (Wildman–Crippen MR) is 68.8 cm³/mol. The summed E-state index contributed by atoms with van der Waals surface area (Å²) in [7, 11) is 1.73. The van der Waals surface area contributed by atoms with Crippen molar-refractivity contribution in [1.82, 2.24) is 0 Å². The van der Waals surface area contributed by atoms with Crippen molar-refractivity contribution in [2.45, 2.75) is 40.2 Å². The van der Waals surface area contributed by atoms with E-state index in [0.29, 0.717) is 6.54 Å². The highest BCUT2D eigenvalue weighted by Crippen LogP contribution is 2.32. The van der Waals surface area contributed by atoms with Gasteiger partial charge in [0.15, 0.2) is 0 Å². The highest BCUT2D eigenvalue weighted by molar-refractivity contribution is 5.47. The molecule has 1 aromatic rings. The van der Waals surface area contributed by atoms with Crippen LogP contribution in [0.3, 0.4) is 0 Å². The summed E-state index contributed by atoms with van der Waals surface area (Å²) in [6, 6.07) is 2.22. The van der Waals surface area contributed by atoms with E-state index in [4.69, 9.17) is 10.5 Å². The van der Waals surface area contributed by atoms with Crippen molar-refractivity contribution in [1.29, 1.82) is 0 Å². The van der Waals surface area contributed by atoms with E-state index in [1.807, 2.05) is 0 Å². The number of rotatable bonds is 3. The number of aryl methyl sites for hydroxylation is 2. The normalized spacial score (nSPS) is 14.9. The Morgan fingerprint density at radius 2 is 1.56 bits per heavy atom. The van der Waals surface area contributed by atoms with Gasteiger partial charge in [0.2, 0.25) is 0 Å². The SMILES string of the molecule is COC(C)(CN)c1c(C)c(C)cc(C)c1C. The molecule has 16 heavy (non-hydrogen) atoms. The van der Waals surface area contributed by atoms with Gasteiger partial charge in [-0.15, -0.1) is 0 Å². The minimum Gasteiger partial charge on any atom is -0.372 e. The maximum atomic E-state index is 5.86. The summed E-state index contributed by atoms with van der Waals surface area (Å²) in [5, 5.41) is 0. The Balaban J connectivity index is 3.54. The molecule has 2 nitrogen and oxygen atoms in total. The maximum absolute atomic E-state index is 5.86. The molecule has 0 aliphatic carbocycles. The summed E-state index contributed by atoms with van der Waals surface area (Å²) in [4.78, 5) is 0. The van der Waals surface area contributed by atoms with E-state index in [1.165, 1.54) is 27.8 Å². The van der Waals surface area contributed by atoms with Gasteiger partial charge in [0, 0.05) is 13.7 Å². The predicted octanol–water partition coefficient (Wildman–Crippen LogP) is 2.74. The van der Waals surface area contributed by atoms with Crippen LogP contribution in [0.2, 0.25) is 0 Å². The van der Waals surface area contributed by atoms with Crippen LogP contribution in [-0.4, -0.2) is 13.7 Å². The summed E-state index contributed by atoms with van der Waals surface area (Å²) in [5.41, 5.74) is 11.9. The van der Waals surface area contributed by atoms with Crippen LogP contribution in [0.15, 0.2) is 6.07 Å². The van der Waals surface area contributed by atoms with Crippen LogP contribution in [0, 0.1) is 27.7 Å². The highest BCUT2D eigenvalue weighted by atomic mass is 16.5. The van der Waals surface area contributed by atoms with Gasteiger partial charge in [0.1, 0.15) is 5.60 Å². The van der Waals surface area contributed by atoms with Gasteiger partial charge in [0.25, 0.3) is 0 Å². The Morgan fingerprint density at radius 1 is 1.12 bits per heavy atom. The van der Waals surface area contributed by atoms with Crippen molar-refractivity contribution in [2.24, 2.45) is 5.73 Å².